The van der Waals surface area contributed by atoms with Gasteiger partial charge in [-0.3, -0.25) is 0 Å². The summed E-state index contributed by atoms with van der Waals surface area (Å²) in [4.78, 5) is 11.7. The van der Waals surface area contributed by atoms with Gasteiger partial charge in [0.15, 0.2) is 0 Å². The Hall–Kier alpha value is -2.77. The number of alkyl carbamates (subject to hydrolysis) is 1. The van der Waals surface area contributed by atoms with Crippen LogP contribution in [0.2, 0.25) is 0 Å². The second-order valence-electron chi connectivity index (χ2n) is 5.56. The molecule has 0 radical (unpaired) electrons. The SMILES string of the molecule is COc1ccc(C(O)C(O)CNC(=O)OCc2ccccc2)c(OC)c1. The van der Waals surface area contributed by atoms with E-state index in [0.717, 1.165) is 5.56 Å². The van der Waals surface area contributed by atoms with Gasteiger partial charge in [0.2, 0.25) is 0 Å². The van der Waals surface area contributed by atoms with Crippen LogP contribution in [0.5, 0.6) is 11.5 Å². The molecule has 7 nitrogen and oxygen atoms in total. The van der Waals surface area contributed by atoms with E-state index in [-0.39, 0.29) is 13.2 Å². The number of hydrogen-bond acceptors (Lipinski definition) is 6. The summed E-state index contributed by atoms with van der Waals surface area (Å²) in [5.41, 5.74) is 1.24. The first-order valence-electron chi connectivity index (χ1n) is 8.07. The lowest BCUT2D eigenvalue weighted by Crippen LogP contribution is -2.35. The lowest BCUT2D eigenvalue weighted by atomic mass is 10.0. The van der Waals surface area contributed by atoms with Crippen LogP contribution in [0, 0.1) is 0 Å². The Morgan fingerprint density at radius 3 is 2.46 bits per heavy atom. The third kappa shape index (κ3) is 5.37. The molecule has 2 aromatic rings. The van der Waals surface area contributed by atoms with E-state index in [4.69, 9.17) is 14.2 Å². The first-order valence-corrected chi connectivity index (χ1v) is 8.07. The number of aliphatic hydroxyl groups is 2. The van der Waals surface area contributed by atoms with E-state index in [1.165, 1.54) is 14.2 Å². The van der Waals surface area contributed by atoms with Crippen molar-refractivity contribution in [3.8, 4) is 11.5 Å². The molecular formula is C19H23NO6. The molecule has 0 bridgehead atoms. The van der Waals surface area contributed by atoms with Crippen molar-refractivity contribution in [1.82, 2.24) is 5.32 Å². The van der Waals surface area contributed by atoms with E-state index in [1.807, 2.05) is 30.3 Å². The van der Waals surface area contributed by atoms with E-state index in [9.17, 15) is 15.0 Å². The second kappa shape index (κ2) is 9.65. The molecule has 0 aromatic heterocycles. The van der Waals surface area contributed by atoms with E-state index >= 15 is 0 Å². The standard InChI is InChI=1S/C19H23NO6/c1-24-14-8-9-15(17(10-14)25-2)18(22)16(21)11-20-19(23)26-12-13-6-4-3-5-7-13/h3-10,16,18,21-22H,11-12H2,1-2H3,(H,20,23). The van der Waals surface area contributed by atoms with Crippen LogP contribution in [0.3, 0.4) is 0 Å². The third-order valence-corrected chi connectivity index (χ3v) is 3.79. The van der Waals surface area contributed by atoms with Crippen LogP contribution < -0.4 is 14.8 Å². The lowest BCUT2D eigenvalue weighted by Gasteiger charge is -2.21. The minimum absolute atomic E-state index is 0.123. The van der Waals surface area contributed by atoms with Gasteiger partial charge in [0.05, 0.1) is 14.2 Å². The van der Waals surface area contributed by atoms with E-state index in [1.54, 1.807) is 18.2 Å². The summed E-state index contributed by atoms with van der Waals surface area (Å²) < 4.78 is 15.4. The maximum Gasteiger partial charge on any atom is 0.407 e. The van der Waals surface area contributed by atoms with E-state index < -0.39 is 18.3 Å². The Balaban J connectivity index is 1.86. The van der Waals surface area contributed by atoms with Gasteiger partial charge in [-0.25, -0.2) is 4.79 Å². The molecule has 2 rings (SSSR count). The van der Waals surface area contributed by atoms with Crippen LogP contribution in [0.4, 0.5) is 4.79 Å². The summed E-state index contributed by atoms with van der Waals surface area (Å²) >= 11 is 0. The summed E-state index contributed by atoms with van der Waals surface area (Å²) in [6.07, 6.45) is -3.16. The van der Waals surface area contributed by atoms with Crippen LogP contribution in [0.1, 0.15) is 17.2 Å². The Bertz CT molecular complexity index is 706. The minimum Gasteiger partial charge on any atom is -0.497 e. The van der Waals surface area contributed by atoms with Crippen LogP contribution in [-0.4, -0.2) is 43.2 Å². The molecule has 0 aliphatic rings. The molecule has 140 valence electrons. The van der Waals surface area contributed by atoms with Crippen molar-refractivity contribution in [2.45, 2.75) is 18.8 Å². The number of nitrogens with one attached hydrogen (secondary N) is 1. The van der Waals surface area contributed by atoms with Crippen molar-refractivity contribution in [2.24, 2.45) is 0 Å². The quantitative estimate of drug-likeness (QED) is 0.666. The summed E-state index contributed by atoms with van der Waals surface area (Å²) in [5.74, 6) is 0.942. The molecule has 0 saturated heterocycles. The Labute approximate surface area is 152 Å². The molecule has 0 spiro atoms. The largest absolute Gasteiger partial charge is 0.497 e. The number of rotatable bonds is 8. The fourth-order valence-corrected chi connectivity index (χ4v) is 2.34. The zero-order chi connectivity index (χ0) is 18.9. The molecule has 3 N–H and O–H groups in total. The highest BCUT2D eigenvalue weighted by Gasteiger charge is 2.23. The van der Waals surface area contributed by atoms with Gasteiger partial charge >= 0.3 is 6.09 Å². The number of amides is 1. The van der Waals surface area contributed by atoms with Gasteiger partial charge in [0, 0.05) is 18.2 Å². The number of carbonyl (C=O) groups excluding carboxylic acids is 1. The number of methoxy groups -OCH3 is 2. The van der Waals surface area contributed by atoms with Crippen molar-refractivity contribution in [2.75, 3.05) is 20.8 Å². The maximum atomic E-state index is 11.7. The van der Waals surface area contributed by atoms with Crippen molar-refractivity contribution in [3.05, 3.63) is 59.7 Å². The fourth-order valence-electron chi connectivity index (χ4n) is 2.34. The molecule has 0 heterocycles. The molecule has 26 heavy (non-hydrogen) atoms. The smallest absolute Gasteiger partial charge is 0.407 e. The average molecular weight is 361 g/mol. The topological polar surface area (TPSA) is 97.2 Å². The molecule has 2 atom stereocenters. The van der Waals surface area contributed by atoms with Crippen LogP contribution in [0.25, 0.3) is 0 Å². The second-order valence-corrected chi connectivity index (χ2v) is 5.56. The van der Waals surface area contributed by atoms with Gasteiger partial charge < -0.3 is 29.7 Å². The molecule has 7 heteroatoms. The van der Waals surface area contributed by atoms with Crippen LogP contribution in [0.15, 0.2) is 48.5 Å². The summed E-state index contributed by atoms with van der Waals surface area (Å²) in [5, 5.41) is 22.9. The van der Waals surface area contributed by atoms with E-state index in [0.29, 0.717) is 17.1 Å². The van der Waals surface area contributed by atoms with Crippen LogP contribution >= 0.6 is 0 Å². The molecule has 2 unspecified atom stereocenters. The highest BCUT2D eigenvalue weighted by molar-refractivity contribution is 5.67. The average Bonchev–Trinajstić information content (AvgIpc) is 2.70. The lowest BCUT2D eigenvalue weighted by molar-refractivity contribution is 0.0171. The third-order valence-electron chi connectivity index (χ3n) is 3.79. The molecule has 0 fully saturated rings. The molecule has 0 saturated carbocycles. The number of ether oxygens (including phenoxy) is 3. The zero-order valence-corrected chi connectivity index (χ0v) is 14.7. The van der Waals surface area contributed by atoms with Crippen molar-refractivity contribution in [3.63, 3.8) is 0 Å². The van der Waals surface area contributed by atoms with Crippen molar-refractivity contribution in [1.29, 1.82) is 0 Å². The molecule has 1 amide bonds. The first-order chi connectivity index (χ1) is 12.5. The van der Waals surface area contributed by atoms with Gasteiger partial charge in [0.1, 0.15) is 30.3 Å². The number of benzene rings is 2. The van der Waals surface area contributed by atoms with Gasteiger partial charge in [-0.05, 0) is 17.7 Å². The number of hydrogen-bond donors (Lipinski definition) is 3. The van der Waals surface area contributed by atoms with E-state index in [2.05, 4.69) is 5.32 Å². The summed E-state index contributed by atoms with van der Waals surface area (Å²) in [7, 11) is 2.97. The number of carbonyl (C=O) groups is 1. The Kier molecular flexibility index (Phi) is 7.25. The molecule has 0 aliphatic heterocycles. The van der Waals surface area contributed by atoms with Gasteiger partial charge in [-0.2, -0.15) is 0 Å². The molecule has 2 aromatic carbocycles. The summed E-state index contributed by atoms with van der Waals surface area (Å²) in [6, 6.07) is 14.1. The van der Waals surface area contributed by atoms with Crippen molar-refractivity contribution < 1.29 is 29.2 Å². The number of aliphatic hydroxyl groups excluding tert-OH is 2. The highest BCUT2D eigenvalue weighted by atomic mass is 16.5. The maximum absolute atomic E-state index is 11.7. The summed E-state index contributed by atoms with van der Waals surface area (Å²) in [6.45, 7) is -0.0540. The van der Waals surface area contributed by atoms with Gasteiger partial charge in [-0.15, -0.1) is 0 Å². The van der Waals surface area contributed by atoms with Crippen molar-refractivity contribution >= 4 is 6.09 Å². The molecular weight excluding hydrogens is 338 g/mol. The van der Waals surface area contributed by atoms with Crippen LogP contribution in [-0.2, 0) is 11.3 Å². The predicted molar refractivity (Wildman–Crippen MR) is 95.1 cm³/mol. The highest BCUT2D eigenvalue weighted by Crippen LogP contribution is 2.30. The Morgan fingerprint density at radius 2 is 1.81 bits per heavy atom. The van der Waals surface area contributed by atoms with Gasteiger partial charge in [-0.1, -0.05) is 30.3 Å². The zero-order valence-electron chi connectivity index (χ0n) is 14.7. The Morgan fingerprint density at radius 1 is 1.08 bits per heavy atom. The fraction of sp³-hybridized carbons (Fsp3) is 0.316. The minimum atomic E-state index is -1.25. The molecule has 0 aliphatic carbocycles. The van der Waals surface area contributed by atoms with Gasteiger partial charge in [0.25, 0.3) is 0 Å². The predicted octanol–water partition coefficient (Wildman–Crippen LogP) is 2.02. The normalized spacial score (nSPS) is 12.8. The monoisotopic (exact) mass is 361 g/mol. The first kappa shape index (κ1) is 19.6.